The number of carbonyl (C=O) groups is 2. The summed E-state index contributed by atoms with van der Waals surface area (Å²) in [6, 6.07) is 14.5. The number of carbonyl (C=O) groups excluding carboxylic acids is 2. The first-order chi connectivity index (χ1) is 16.6. The van der Waals surface area contributed by atoms with Gasteiger partial charge in [0.2, 0.25) is 5.91 Å². The van der Waals surface area contributed by atoms with Crippen LogP contribution in [0.3, 0.4) is 0 Å². The highest BCUT2D eigenvalue weighted by Crippen LogP contribution is 2.31. The average molecular weight is 462 g/mol. The first-order valence-electron chi connectivity index (χ1n) is 11.1. The van der Waals surface area contributed by atoms with Gasteiger partial charge < -0.3 is 14.8 Å². The lowest BCUT2D eigenvalue weighted by molar-refractivity contribution is -0.134. The van der Waals surface area contributed by atoms with E-state index in [4.69, 9.17) is 14.6 Å². The molecule has 2 aromatic rings. The second kappa shape index (κ2) is 10.7. The highest BCUT2D eigenvalue weighted by molar-refractivity contribution is 6.04. The summed E-state index contributed by atoms with van der Waals surface area (Å²) >= 11 is 0. The van der Waals surface area contributed by atoms with Crippen molar-refractivity contribution in [3.63, 3.8) is 0 Å². The lowest BCUT2D eigenvalue weighted by atomic mass is 10.0. The number of aliphatic imine (C=N–C) groups is 1. The molecule has 0 bridgehead atoms. The van der Waals surface area contributed by atoms with Crippen molar-refractivity contribution in [3.8, 4) is 11.5 Å². The molecule has 0 saturated heterocycles. The van der Waals surface area contributed by atoms with Crippen molar-refractivity contribution in [2.75, 3.05) is 20.3 Å². The van der Waals surface area contributed by atoms with E-state index < -0.39 is 6.17 Å². The van der Waals surface area contributed by atoms with Crippen LogP contribution in [0.25, 0.3) is 0 Å². The van der Waals surface area contributed by atoms with Crippen molar-refractivity contribution in [1.82, 2.24) is 15.2 Å². The Morgan fingerprint density at radius 1 is 1.15 bits per heavy atom. The van der Waals surface area contributed by atoms with Crippen LogP contribution in [-0.2, 0) is 4.79 Å². The van der Waals surface area contributed by atoms with Gasteiger partial charge in [0.1, 0.15) is 0 Å². The van der Waals surface area contributed by atoms with E-state index in [9.17, 15) is 9.59 Å². The zero-order chi connectivity index (χ0) is 23.9. The van der Waals surface area contributed by atoms with E-state index in [1.165, 1.54) is 9.91 Å². The summed E-state index contributed by atoms with van der Waals surface area (Å²) in [4.78, 5) is 31.4. The summed E-state index contributed by atoms with van der Waals surface area (Å²) < 4.78 is 11.1. The summed E-state index contributed by atoms with van der Waals surface area (Å²) in [5, 5.41) is 9.00. The number of nitrogens with zero attached hydrogens (tertiary/aromatic N) is 4. The molecule has 9 heteroatoms. The molecule has 2 aliphatic heterocycles. The highest BCUT2D eigenvalue weighted by Gasteiger charge is 2.31. The van der Waals surface area contributed by atoms with Crippen LogP contribution >= 0.6 is 0 Å². The zero-order valence-corrected chi connectivity index (χ0v) is 19.2. The molecule has 2 heterocycles. The number of amides is 3. The highest BCUT2D eigenvalue weighted by atomic mass is 16.5. The normalized spacial score (nSPS) is 16.2. The molecule has 3 amide bonds. The topological polar surface area (TPSA) is 95.8 Å². The zero-order valence-electron chi connectivity index (χ0n) is 19.2. The van der Waals surface area contributed by atoms with E-state index in [0.717, 1.165) is 16.8 Å². The summed E-state index contributed by atoms with van der Waals surface area (Å²) in [5.74, 6) is 1.06. The summed E-state index contributed by atoms with van der Waals surface area (Å²) in [6.07, 6.45) is 4.75. The molecule has 0 fully saturated rings. The Kier molecular flexibility index (Phi) is 7.22. The molecule has 0 spiro atoms. The predicted octanol–water partition coefficient (Wildman–Crippen LogP) is 3.69. The van der Waals surface area contributed by atoms with Crippen LogP contribution in [0, 0.1) is 0 Å². The minimum Gasteiger partial charge on any atom is -0.493 e. The SMILES string of the molecule is CCOc1cc(C2=NN(C(NC(=O)N3C=CN=CC3)c3ccccc3)C(=O)CC2)ccc1OC. The van der Waals surface area contributed by atoms with Gasteiger partial charge in [0.25, 0.3) is 0 Å². The van der Waals surface area contributed by atoms with Gasteiger partial charge in [-0.3, -0.25) is 14.7 Å². The van der Waals surface area contributed by atoms with E-state index in [2.05, 4.69) is 10.3 Å². The third-order valence-electron chi connectivity index (χ3n) is 5.45. The Morgan fingerprint density at radius 2 is 1.97 bits per heavy atom. The van der Waals surface area contributed by atoms with Crippen molar-refractivity contribution in [2.45, 2.75) is 25.9 Å². The molecule has 9 nitrogen and oxygen atoms in total. The Balaban J connectivity index is 1.67. The van der Waals surface area contributed by atoms with Crippen LogP contribution in [-0.4, -0.2) is 54.0 Å². The molecule has 2 aliphatic rings. The smallest absolute Gasteiger partial charge is 0.323 e. The van der Waals surface area contributed by atoms with Crippen LogP contribution in [0.15, 0.2) is 71.0 Å². The quantitative estimate of drug-likeness (QED) is 0.680. The molecule has 1 unspecified atom stereocenters. The maximum Gasteiger partial charge on any atom is 0.323 e. The van der Waals surface area contributed by atoms with Crippen LogP contribution in [0.1, 0.15) is 37.1 Å². The fraction of sp³-hybridized carbons (Fsp3) is 0.280. The minimum absolute atomic E-state index is 0.174. The predicted molar refractivity (Wildman–Crippen MR) is 129 cm³/mol. The lowest BCUT2D eigenvalue weighted by Gasteiger charge is -2.33. The van der Waals surface area contributed by atoms with Crippen molar-refractivity contribution in [2.24, 2.45) is 10.1 Å². The number of benzene rings is 2. The number of ether oxygens (including phenoxy) is 2. The maximum atomic E-state index is 13.0. The lowest BCUT2D eigenvalue weighted by Crippen LogP contribution is -2.48. The van der Waals surface area contributed by atoms with Gasteiger partial charge in [0.05, 0.1) is 26.0 Å². The molecule has 0 aliphatic carbocycles. The standard InChI is InChI=1S/C25H27N5O4/c1-3-34-22-17-19(9-11-21(22)33-2)20-10-12-23(31)30(28-20)24(18-7-5-4-6-8-18)27-25(32)29-15-13-26-14-16-29/h4-9,11,13-15,17,24H,3,10,12,16H2,1-2H3,(H,27,32). The number of nitrogens with one attached hydrogen (secondary N) is 1. The second-order valence-corrected chi connectivity index (χ2v) is 7.63. The fourth-order valence-electron chi connectivity index (χ4n) is 3.75. The molecule has 1 N–H and O–H groups in total. The van der Waals surface area contributed by atoms with E-state index in [0.29, 0.717) is 31.1 Å². The third kappa shape index (κ3) is 5.09. The Bertz CT molecular complexity index is 1130. The van der Waals surface area contributed by atoms with Gasteiger partial charge in [0, 0.05) is 37.0 Å². The monoisotopic (exact) mass is 461 g/mol. The number of hydrogen-bond donors (Lipinski definition) is 1. The molecule has 0 saturated carbocycles. The number of hydrazone groups is 1. The molecule has 34 heavy (non-hydrogen) atoms. The van der Waals surface area contributed by atoms with Crippen molar-refractivity contribution >= 4 is 23.9 Å². The molecule has 4 rings (SSSR count). The number of rotatable bonds is 7. The number of methoxy groups -OCH3 is 1. The first kappa shape index (κ1) is 23.0. The average Bonchev–Trinajstić information content (AvgIpc) is 2.89. The molecule has 0 aromatic heterocycles. The van der Waals surface area contributed by atoms with E-state index in [-0.39, 0.29) is 18.4 Å². The Labute approximate surface area is 198 Å². The molecular weight excluding hydrogens is 434 g/mol. The van der Waals surface area contributed by atoms with Gasteiger partial charge in [0.15, 0.2) is 17.7 Å². The van der Waals surface area contributed by atoms with Gasteiger partial charge in [-0.1, -0.05) is 30.3 Å². The van der Waals surface area contributed by atoms with Gasteiger partial charge in [-0.15, -0.1) is 0 Å². The van der Waals surface area contributed by atoms with Gasteiger partial charge >= 0.3 is 6.03 Å². The molecule has 1 atom stereocenters. The number of urea groups is 1. The fourth-order valence-corrected chi connectivity index (χ4v) is 3.75. The van der Waals surface area contributed by atoms with Gasteiger partial charge in [-0.2, -0.15) is 5.10 Å². The summed E-state index contributed by atoms with van der Waals surface area (Å²) in [6.45, 7) is 2.74. The van der Waals surface area contributed by atoms with Crippen molar-refractivity contribution < 1.29 is 19.1 Å². The Morgan fingerprint density at radius 3 is 2.68 bits per heavy atom. The molecular formula is C25H27N5O4. The first-order valence-corrected chi connectivity index (χ1v) is 11.1. The Hall–Kier alpha value is -4.14. The number of hydrogen-bond acceptors (Lipinski definition) is 6. The van der Waals surface area contributed by atoms with E-state index >= 15 is 0 Å². The summed E-state index contributed by atoms with van der Waals surface area (Å²) in [5.41, 5.74) is 2.30. The van der Waals surface area contributed by atoms with Crippen LogP contribution < -0.4 is 14.8 Å². The van der Waals surface area contributed by atoms with Crippen LogP contribution in [0.2, 0.25) is 0 Å². The van der Waals surface area contributed by atoms with E-state index in [1.54, 1.807) is 25.7 Å². The van der Waals surface area contributed by atoms with E-state index in [1.807, 2.05) is 55.5 Å². The van der Waals surface area contributed by atoms with Crippen LogP contribution in [0.5, 0.6) is 11.5 Å². The molecule has 2 aromatic carbocycles. The maximum absolute atomic E-state index is 13.0. The van der Waals surface area contributed by atoms with Crippen molar-refractivity contribution in [1.29, 1.82) is 0 Å². The van der Waals surface area contributed by atoms with Gasteiger partial charge in [-0.25, -0.2) is 9.80 Å². The van der Waals surface area contributed by atoms with Crippen molar-refractivity contribution in [3.05, 3.63) is 72.1 Å². The van der Waals surface area contributed by atoms with Crippen LogP contribution in [0.4, 0.5) is 4.79 Å². The molecule has 0 radical (unpaired) electrons. The summed E-state index contributed by atoms with van der Waals surface area (Å²) in [7, 11) is 1.59. The third-order valence-corrected chi connectivity index (χ3v) is 5.45. The minimum atomic E-state index is -0.770. The van der Waals surface area contributed by atoms with Gasteiger partial charge in [-0.05, 0) is 30.7 Å². The second-order valence-electron chi connectivity index (χ2n) is 7.63. The molecule has 176 valence electrons. The largest absolute Gasteiger partial charge is 0.493 e.